The topological polar surface area (TPSA) is 27.1 Å². The molecule has 4 heteroatoms. The van der Waals surface area contributed by atoms with E-state index in [-0.39, 0.29) is 5.82 Å². The zero-order valence-electron chi connectivity index (χ0n) is 10.4. The second-order valence-corrected chi connectivity index (χ2v) is 5.10. The van der Waals surface area contributed by atoms with E-state index in [9.17, 15) is 4.39 Å². The lowest BCUT2D eigenvalue weighted by atomic mass is 10.1. The van der Waals surface area contributed by atoms with Gasteiger partial charge in [0.2, 0.25) is 0 Å². The minimum atomic E-state index is -0.319. The van der Waals surface area contributed by atoms with Crippen LogP contribution in [0.15, 0.2) is 36.4 Å². The van der Waals surface area contributed by atoms with Gasteiger partial charge < -0.3 is 4.90 Å². The molecule has 0 bridgehead atoms. The van der Waals surface area contributed by atoms with Crippen LogP contribution in [0.25, 0.3) is 0 Å². The smallest absolute Gasteiger partial charge is 0.133 e. The highest BCUT2D eigenvalue weighted by Crippen LogP contribution is 2.33. The molecule has 1 aliphatic heterocycles. The first-order valence-electron chi connectivity index (χ1n) is 5.97. The lowest BCUT2D eigenvalue weighted by molar-refractivity contribution is 0.627. The van der Waals surface area contributed by atoms with Crippen LogP contribution in [0.2, 0.25) is 5.02 Å². The summed E-state index contributed by atoms with van der Waals surface area (Å²) in [6.07, 6.45) is 0. The summed E-state index contributed by atoms with van der Waals surface area (Å²) in [6.45, 7) is 2.52. The highest BCUT2D eigenvalue weighted by molar-refractivity contribution is 6.34. The third-order valence-electron chi connectivity index (χ3n) is 3.32. The van der Waals surface area contributed by atoms with Crippen molar-refractivity contribution >= 4 is 23.1 Å². The number of rotatable bonds is 1. The molecule has 1 aliphatic rings. The van der Waals surface area contributed by atoms with E-state index in [1.165, 1.54) is 12.1 Å². The highest BCUT2D eigenvalue weighted by Gasteiger charge is 2.26. The molecule has 96 valence electrons. The van der Waals surface area contributed by atoms with Crippen LogP contribution in [-0.4, -0.2) is 5.84 Å². The Morgan fingerprint density at radius 2 is 2.00 bits per heavy atom. The van der Waals surface area contributed by atoms with Crippen LogP contribution >= 0.6 is 11.6 Å². The van der Waals surface area contributed by atoms with Crippen molar-refractivity contribution in [2.24, 2.45) is 0 Å². The summed E-state index contributed by atoms with van der Waals surface area (Å²) in [6, 6.07) is 10.3. The van der Waals surface area contributed by atoms with Crippen molar-refractivity contribution in [1.82, 2.24) is 0 Å². The standard InChI is InChI=1S/C15H12ClFN2/c1-9-2-5-14(13(16)6-9)19-8-10-3-4-11(17)7-12(10)15(19)18/h2-7,18H,8H2,1H3. The first-order valence-corrected chi connectivity index (χ1v) is 6.35. The number of nitrogens with one attached hydrogen (secondary N) is 1. The molecule has 0 spiro atoms. The molecule has 0 aliphatic carbocycles. The molecule has 19 heavy (non-hydrogen) atoms. The number of nitrogens with zero attached hydrogens (tertiary/aromatic N) is 1. The van der Waals surface area contributed by atoms with E-state index in [0.717, 1.165) is 16.8 Å². The van der Waals surface area contributed by atoms with Crippen molar-refractivity contribution in [3.8, 4) is 0 Å². The van der Waals surface area contributed by atoms with Crippen molar-refractivity contribution < 1.29 is 4.39 Å². The van der Waals surface area contributed by atoms with Crippen LogP contribution in [0, 0.1) is 18.2 Å². The molecule has 0 unspecified atom stereocenters. The predicted molar refractivity (Wildman–Crippen MR) is 75.6 cm³/mol. The molecule has 0 radical (unpaired) electrons. The number of benzene rings is 2. The Hall–Kier alpha value is -1.87. The first kappa shape index (κ1) is 12.2. The molecule has 0 saturated carbocycles. The van der Waals surface area contributed by atoms with E-state index in [0.29, 0.717) is 23.0 Å². The summed E-state index contributed by atoms with van der Waals surface area (Å²) in [5.41, 5.74) is 3.44. The summed E-state index contributed by atoms with van der Waals surface area (Å²) in [7, 11) is 0. The van der Waals surface area contributed by atoms with Gasteiger partial charge in [-0.05, 0) is 42.3 Å². The normalized spacial score (nSPS) is 13.8. The molecule has 3 rings (SSSR count). The number of aryl methyl sites for hydroxylation is 1. The summed E-state index contributed by atoms with van der Waals surface area (Å²) in [4.78, 5) is 1.80. The summed E-state index contributed by atoms with van der Waals surface area (Å²) in [5, 5.41) is 8.78. The number of anilines is 1. The monoisotopic (exact) mass is 274 g/mol. The van der Waals surface area contributed by atoms with Gasteiger partial charge in [-0.15, -0.1) is 0 Å². The van der Waals surface area contributed by atoms with Crippen molar-refractivity contribution in [2.75, 3.05) is 4.90 Å². The molecule has 0 aromatic heterocycles. The summed E-state index contributed by atoms with van der Waals surface area (Å²) >= 11 is 6.24. The maximum absolute atomic E-state index is 13.3. The fourth-order valence-corrected chi connectivity index (χ4v) is 2.68. The van der Waals surface area contributed by atoms with Crippen LogP contribution in [0.5, 0.6) is 0 Å². The Morgan fingerprint density at radius 3 is 2.74 bits per heavy atom. The molecule has 2 nitrogen and oxygen atoms in total. The molecule has 0 saturated heterocycles. The SMILES string of the molecule is Cc1ccc(N2Cc3ccc(F)cc3C2=N)c(Cl)c1. The number of amidine groups is 1. The maximum atomic E-state index is 13.3. The highest BCUT2D eigenvalue weighted by atomic mass is 35.5. The van der Waals surface area contributed by atoms with E-state index >= 15 is 0 Å². The molecule has 1 heterocycles. The maximum Gasteiger partial charge on any atom is 0.133 e. The van der Waals surface area contributed by atoms with Gasteiger partial charge in [-0.25, -0.2) is 4.39 Å². The van der Waals surface area contributed by atoms with Crippen LogP contribution in [-0.2, 0) is 6.54 Å². The number of halogens is 2. The Balaban J connectivity index is 2.04. The van der Waals surface area contributed by atoms with Crippen molar-refractivity contribution in [3.63, 3.8) is 0 Å². The molecular formula is C15H12ClFN2. The van der Waals surface area contributed by atoms with Crippen LogP contribution in [0.1, 0.15) is 16.7 Å². The number of fused-ring (bicyclic) bond motifs is 1. The molecular weight excluding hydrogens is 263 g/mol. The molecule has 0 atom stereocenters. The van der Waals surface area contributed by atoms with Crippen LogP contribution in [0.3, 0.4) is 0 Å². The summed E-state index contributed by atoms with van der Waals surface area (Å²) < 4.78 is 13.3. The molecule has 1 N–H and O–H groups in total. The van der Waals surface area contributed by atoms with Crippen molar-refractivity contribution in [2.45, 2.75) is 13.5 Å². The van der Waals surface area contributed by atoms with Crippen molar-refractivity contribution in [1.29, 1.82) is 5.41 Å². The van der Waals surface area contributed by atoms with Gasteiger partial charge in [-0.3, -0.25) is 5.41 Å². The largest absolute Gasteiger partial charge is 0.320 e. The lowest BCUT2D eigenvalue weighted by Gasteiger charge is -2.19. The first-order chi connectivity index (χ1) is 9.06. The average Bonchev–Trinajstić information content (AvgIpc) is 2.67. The number of hydrogen-bond donors (Lipinski definition) is 1. The zero-order chi connectivity index (χ0) is 13.6. The van der Waals surface area contributed by atoms with Crippen LogP contribution in [0.4, 0.5) is 10.1 Å². The van der Waals surface area contributed by atoms with Crippen molar-refractivity contribution in [3.05, 3.63) is 63.9 Å². The lowest BCUT2D eigenvalue weighted by Crippen LogP contribution is -2.23. The predicted octanol–water partition coefficient (Wildman–Crippen LogP) is 4.13. The third kappa shape index (κ3) is 2.00. The Labute approximate surface area is 115 Å². The molecule has 2 aromatic carbocycles. The minimum absolute atomic E-state index is 0.292. The van der Waals surface area contributed by atoms with E-state index in [2.05, 4.69) is 0 Å². The van der Waals surface area contributed by atoms with Gasteiger partial charge in [0.1, 0.15) is 11.7 Å². The zero-order valence-corrected chi connectivity index (χ0v) is 11.1. The van der Waals surface area contributed by atoms with E-state index in [4.69, 9.17) is 17.0 Å². The van der Waals surface area contributed by atoms with Gasteiger partial charge in [-0.2, -0.15) is 0 Å². The van der Waals surface area contributed by atoms with Gasteiger partial charge in [0.05, 0.1) is 17.3 Å². The fraction of sp³-hybridized carbons (Fsp3) is 0.133. The van der Waals surface area contributed by atoms with Gasteiger partial charge in [0.15, 0.2) is 0 Å². The minimum Gasteiger partial charge on any atom is -0.320 e. The fourth-order valence-electron chi connectivity index (χ4n) is 2.34. The second kappa shape index (κ2) is 4.35. The van der Waals surface area contributed by atoms with E-state index in [1.54, 1.807) is 11.0 Å². The summed E-state index contributed by atoms with van der Waals surface area (Å²) in [5.74, 6) is -0.0272. The average molecular weight is 275 g/mol. The molecule has 2 aromatic rings. The number of hydrogen-bond acceptors (Lipinski definition) is 1. The Morgan fingerprint density at radius 1 is 1.21 bits per heavy atom. The third-order valence-corrected chi connectivity index (χ3v) is 3.62. The van der Waals surface area contributed by atoms with Gasteiger partial charge >= 0.3 is 0 Å². The van der Waals surface area contributed by atoms with Gasteiger partial charge in [-0.1, -0.05) is 23.7 Å². The van der Waals surface area contributed by atoms with Gasteiger partial charge in [0, 0.05) is 5.56 Å². The Bertz CT molecular complexity index is 682. The second-order valence-electron chi connectivity index (χ2n) is 4.69. The van der Waals surface area contributed by atoms with E-state index < -0.39 is 0 Å². The Kier molecular flexibility index (Phi) is 2.79. The van der Waals surface area contributed by atoms with Gasteiger partial charge in [0.25, 0.3) is 0 Å². The molecule has 0 fully saturated rings. The van der Waals surface area contributed by atoms with Crippen LogP contribution < -0.4 is 4.90 Å². The van der Waals surface area contributed by atoms with E-state index in [1.807, 2.05) is 25.1 Å². The molecule has 0 amide bonds. The quantitative estimate of drug-likeness (QED) is 0.832.